The number of nitrogens with zero attached hydrogens (tertiary/aromatic N) is 1. The molecule has 0 saturated carbocycles. The van der Waals surface area contributed by atoms with Gasteiger partial charge in [-0.1, -0.05) is 43.3 Å². The number of fused-ring (bicyclic) bond motifs is 1. The molecule has 3 rings (SSSR count). The molecule has 2 nitrogen and oxygen atoms in total. The maximum atomic E-state index is 6.19. The van der Waals surface area contributed by atoms with Crippen molar-refractivity contribution in [2.45, 2.75) is 13.3 Å². The first-order valence-electron chi connectivity index (χ1n) is 6.52. The SMILES string of the molecule is CCc1ccc(-c2cccc3cccnc23)c(N)c1. The van der Waals surface area contributed by atoms with Crippen LogP contribution in [0.1, 0.15) is 12.5 Å². The Labute approximate surface area is 112 Å². The Balaban J connectivity index is 2.24. The summed E-state index contributed by atoms with van der Waals surface area (Å²) < 4.78 is 0. The predicted octanol–water partition coefficient (Wildman–Crippen LogP) is 4.05. The predicted molar refractivity (Wildman–Crippen MR) is 81.0 cm³/mol. The molecule has 2 heteroatoms. The Morgan fingerprint density at radius 2 is 1.84 bits per heavy atom. The summed E-state index contributed by atoms with van der Waals surface area (Å²) in [5, 5.41) is 1.14. The number of para-hydroxylation sites is 1. The number of benzene rings is 2. The lowest BCUT2D eigenvalue weighted by Gasteiger charge is -2.10. The van der Waals surface area contributed by atoms with Gasteiger partial charge in [0.15, 0.2) is 0 Å². The van der Waals surface area contributed by atoms with E-state index >= 15 is 0 Å². The molecule has 2 aromatic carbocycles. The van der Waals surface area contributed by atoms with Crippen LogP contribution in [-0.4, -0.2) is 4.98 Å². The Morgan fingerprint density at radius 3 is 2.63 bits per heavy atom. The van der Waals surface area contributed by atoms with E-state index in [9.17, 15) is 0 Å². The lowest BCUT2D eigenvalue weighted by atomic mass is 9.98. The highest BCUT2D eigenvalue weighted by Crippen LogP contribution is 2.31. The van der Waals surface area contributed by atoms with Crippen LogP contribution in [0.3, 0.4) is 0 Å². The number of rotatable bonds is 2. The first-order chi connectivity index (χ1) is 9.29. The molecule has 0 fully saturated rings. The second-order valence-electron chi connectivity index (χ2n) is 4.66. The van der Waals surface area contributed by atoms with Crippen molar-refractivity contribution in [3.63, 3.8) is 0 Å². The molecule has 0 saturated heterocycles. The average Bonchev–Trinajstić information content (AvgIpc) is 2.46. The Hall–Kier alpha value is -2.35. The maximum absolute atomic E-state index is 6.19. The van der Waals surface area contributed by atoms with Crippen molar-refractivity contribution in [1.82, 2.24) is 4.98 Å². The number of hydrogen-bond acceptors (Lipinski definition) is 2. The zero-order valence-electron chi connectivity index (χ0n) is 10.9. The monoisotopic (exact) mass is 248 g/mol. The summed E-state index contributed by atoms with van der Waals surface area (Å²) in [6.45, 7) is 2.13. The van der Waals surface area contributed by atoms with Crippen LogP contribution < -0.4 is 5.73 Å². The Kier molecular flexibility index (Phi) is 2.92. The summed E-state index contributed by atoms with van der Waals surface area (Å²) in [5.74, 6) is 0. The van der Waals surface area contributed by atoms with Gasteiger partial charge < -0.3 is 5.73 Å². The number of anilines is 1. The first kappa shape index (κ1) is 11.7. The largest absolute Gasteiger partial charge is 0.398 e. The maximum Gasteiger partial charge on any atom is 0.0781 e. The van der Waals surface area contributed by atoms with E-state index in [-0.39, 0.29) is 0 Å². The fraction of sp³-hybridized carbons (Fsp3) is 0.118. The number of aromatic nitrogens is 1. The molecule has 0 aliphatic carbocycles. The molecule has 19 heavy (non-hydrogen) atoms. The van der Waals surface area contributed by atoms with Crippen LogP contribution in [0.4, 0.5) is 5.69 Å². The van der Waals surface area contributed by atoms with Crippen LogP contribution in [0.25, 0.3) is 22.0 Å². The molecule has 0 aliphatic rings. The van der Waals surface area contributed by atoms with Crippen LogP contribution in [0.5, 0.6) is 0 Å². The van der Waals surface area contributed by atoms with Crippen LogP contribution >= 0.6 is 0 Å². The summed E-state index contributed by atoms with van der Waals surface area (Å²) in [7, 11) is 0. The van der Waals surface area contributed by atoms with E-state index in [1.54, 1.807) is 0 Å². The van der Waals surface area contributed by atoms with Crippen LogP contribution in [0, 0.1) is 0 Å². The summed E-state index contributed by atoms with van der Waals surface area (Å²) in [4.78, 5) is 4.49. The molecule has 1 heterocycles. The third-order valence-electron chi connectivity index (χ3n) is 3.45. The van der Waals surface area contributed by atoms with Gasteiger partial charge in [0, 0.05) is 28.4 Å². The number of hydrogen-bond donors (Lipinski definition) is 1. The fourth-order valence-electron chi connectivity index (χ4n) is 2.40. The van der Waals surface area contributed by atoms with Gasteiger partial charge in [0.05, 0.1) is 5.52 Å². The highest BCUT2D eigenvalue weighted by atomic mass is 14.7. The van der Waals surface area contributed by atoms with Crippen LogP contribution in [-0.2, 0) is 6.42 Å². The molecule has 94 valence electrons. The first-order valence-corrected chi connectivity index (χ1v) is 6.52. The molecule has 2 N–H and O–H groups in total. The molecular weight excluding hydrogens is 232 g/mol. The second kappa shape index (κ2) is 4.73. The number of aryl methyl sites for hydroxylation is 1. The van der Waals surface area contributed by atoms with Gasteiger partial charge in [-0.05, 0) is 24.1 Å². The van der Waals surface area contributed by atoms with Gasteiger partial charge in [-0.15, -0.1) is 0 Å². The van der Waals surface area contributed by atoms with Crippen LogP contribution in [0.15, 0.2) is 54.7 Å². The molecule has 1 aromatic heterocycles. The smallest absolute Gasteiger partial charge is 0.0781 e. The van der Waals surface area contributed by atoms with Crippen molar-refractivity contribution < 1.29 is 0 Å². The van der Waals surface area contributed by atoms with Crippen molar-refractivity contribution in [2.75, 3.05) is 5.73 Å². The van der Waals surface area contributed by atoms with E-state index in [0.717, 1.165) is 34.1 Å². The number of nitrogens with two attached hydrogens (primary N) is 1. The zero-order valence-corrected chi connectivity index (χ0v) is 10.9. The van der Waals surface area contributed by atoms with Crippen molar-refractivity contribution in [3.8, 4) is 11.1 Å². The van der Waals surface area contributed by atoms with Crippen molar-refractivity contribution in [2.24, 2.45) is 0 Å². The van der Waals surface area contributed by atoms with E-state index in [4.69, 9.17) is 5.73 Å². The third kappa shape index (κ3) is 2.06. The minimum absolute atomic E-state index is 0.817. The van der Waals surface area contributed by atoms with E-state index < -0.39 is 0 Å². The van der Waals surface area contributed by atoms with Gasteiger partial charge in [-0.3, -0.25) is 4.98 Å². The molecule has 3 aromatic rings. The second-order valence-corrected chi connectivity index (χ2v) is 4.66. The number of pyridine rings is 1. The number of nitrogen functional groups attached to an aromatic ring is 1. The van der Waals surface area contributed by atoms with Gasteiger partial charge >= 0.3 is 0 Å². The lowest BCUT2D eigenvalue weighted by Crippen LogP contribution is -1.93. The minimum Gasteiger partial charge on any atom is -0.398 e. The topological polar surface area (TPSA) is 38.9 Å². The average molecular weight is 248 g/mol. The molecule has 0 bridgehead atoms. The van der Waals surface area contributed by atoms with E-state index in [1.165, 1.54) is 5.56 Å². The highest BCUT2D eigenvalue weighted by Gasteiger charge is 2.08. The van der Waals surface area contributed by atoms with E-state index in [2.05, 4.69) is 48.3 Å². The normalized spacial score (nSPS) is 10.8. The zero-order chi connectivity index (χ0) is 13.2. The van der Waals surface area contributed by atoms with E-state index in [0.29, 0.717) is 0 Å². The third-order valence-corrected chi connectivity index (χ3v) is 3.45. The van der Waals surface area contributed by atoms with Crippen molar-refractivity contribution in [3.05, 3.63) is 60.3 Å². The van der Waals surface area contributed by atoms with Gasteiger partial charge in [-0.2, -0.15) is 0 Å². The fourth-order valence-corrected chi connectivity index (χ4v) is 2.40. The van der Waals surface area contributed by atoms with Gasteiger partial charge in [0.25, 0.3) is 0 Å². The van der Waals surface area contributed by atoms with E-state index in [1.807, 2.05) is 18.3 Å². The molecular formula is C17H16N2. The lowest BCUT2D eigenvalue weighted by molar-refractivity contribution is 1.14. The van der Waals surface area contributed by atoms with Gasteiger partial charge in [0.2, 0.25) is 0 Å². The Morgan fingerprint density at radius 1 is 1.00 bits per heavy atom. The molecule has 0 amide bonds. The molecule has 0 spiro atoms. The summed E-state index contributed by atoms with van der Waals surface area (Å²) >= 11 is 0. The van der Waals surface area contributed by atoms with Crippen LogP contribution in [0.2, 0.25) is 0 Å². The standard InChI is InChI=1S/C17H16N2/c1-2-12-8-9-14(16(18)11-12)15-7-3-5-13-6-4-10-19-17(13)15/h3-11H,2,18H2,1H3. The quantitative estimate of drug-likeness (QED) is 0.695. The molecule has 0 radical (unpaired) electrons. The summed E-state index contributed by atoms with van der Waals surface area (Å²) in [6.07, 6.45) is 2.82. The van der Waals surface area contributed by atoms with Gasteiger partial charge in [0.1, 0.15) is 0 Å². The Bertz CT molecular complexity index is 727. The molecule has 0 unspecified atom stereocenters. The molecule has 0 atom stereocenters. The summed E-state index contributed by atoms with van der Waals surface area (Å²) in [6, 6.07) is 16.5. The van der Waals surface area contributed by atoms with Crippen molar-refractivity contribution >= 4 is 16.6 Å². The molecule has 0 aliphatic heterocycles. The summed E-state index contributed by atoms with van der Waals surface area (Å²) in [5.41, 5.74) is 11.4. The van der Waals surface area contributed by atoms with Crippen molar-refractivity contribution in [1.29, 1.82) is 0 Å². The highest BCUT2D eigenvalue weighted by molar-refractivity contribution is 5.96. The minimum atomic E-state index is 0.817. The van der Waals surface area contributed by atoms with Gasteiger partial charge in [-0.25, -0.2) is 0 Å².